The fourth-order valence-electron chi connectivity index (χ4n) is 2.21. The van der Waals surface area contributed by atoms with Crippen LogP contribution in [0.3, 0.4) is 0 Å². The zero-order chi connectivity index (χ0) is 18.9. The number of carbonyl (C=O) groups excluding carboxylic acids is 1. The molecule has 9 heteroatoms. The van der Waals surface area contributed by atoms with Gasteiger partial charge in [0, 0.05) is 16.7 Å². The second-order valence-corrected chi connectivity index (χ2v) is 6.91. The van der Waals surface area contributed by atoms with E-state index in [0.717, 1.165) is 0 Å². The van der Waals surface area contributed by atoms with Crippen LogP contribution in [0.25, 0.3) is 16.9 Å². The molecule has 0 radical (unpaired) electrons. The molecule has 0 spiro atoms. The van der Waals surface area contributed by atoms with E-state index in [1.165, 1.54) is 23.3 Å². The average Bonchev–Trinajstić information content (AvgIpc) is 3.03. The number of aromatic hydroxyl groups is 1. The Balaban J connectivity index is 2.02. The molecule has 0 aliphatic rings. The van der Waals surface area contributed by atoms with Gasteiger partial charge in [0.2, 0.25) is 5.88 Å². The van der Waals surface area contributed by atoms with Gasteiger partial charge in [0.05, 0.1) is 17.6 Å². The van der Waals surface area contributed by atoms with E-state index in [9.17, 15) is 9.90 Å². The summed E-state index contributed by atoms with van der Waals surface area (Å²) in [5.41, 5.74) is 1.06. The Morgan fingerprint density at radius 3 is 2.69 bits per heavy atom. The summed E-state index contributed by atoms with van der Waals surface area (Å²) >= 11 is 6.10. The molecular formula is C17H16ClN5O3. The summed E-state index contributed by atoms with van der Waals surface area (Å²) in [5.74, 6) is -0.743. The van der Waals surface area contributed by atoms with E-state index in [1.54, 1.807) is 39.0 Å². The molecule has 1 aromatic carbocycles. The lowest BCUT2D eigenvalue weighted by Gasteiger charge is -2.18. The number of rotatable bonds is 3. The topological polar surface area (TPSA) is 103 Å². The van der Waals surface area contributed by atoms with E-state index in [1.807, 2.05) is 0 Å². The molecule has 26 heavy (non-hydrogen) atoms. The van der Waals surface area contributed by atoms with Crippen LogP contribution in [0.4, 0.5) is 0 Å². The molecule has 0 aliphatic carbocycles. The minimum absolute atomic E-state index is 0.0753. The number of esters is 1. The van der Waals surface area contributed by atoms with E-state index in [4.69, 9.17) is 16.3 Å². The van der Waals surface area contributed by atoms with Gasteiger partial charge in [-0.15, -0.1) is 5.10 Å². The van der Waals surface area contributed by atoms with Gasteiger partial charge in [-0.1, -0.05) is 16.8 Å². The predicted octanol–water partition coefficient (Wildman–Crippen LogP) is 3.04. The summed E-state index contributed by atoms with van der Waals surface area (Å²) in [4.78, 5) is 20.0. The number of nitrogens with zero attached hydrogens (tertiary/aromatic N) is 5. The molecular weight excluding hydrogens is 358 g/mol. The highest BCUT2D eigenvalue weighted by Crippen LogP contribution is 2.29. The molecule has 3 aromatic rings. The maximum atomic E-state index is 12.1. The zero-order valence-corrected chi connectivity index (χ0v) is 15.1. The molecule has 0 saturated carbocycles. The van der Waals surface area contributed by atoms with Gasteiger partial charge in [-0.05, 0) is 39.0 Å². The maximum absolute atomic E-state index is 12.1. The Labute approximate surface area is 154 Å². The number of hydrogen-bond acceptors (Lipinski definition) is 7. The van der Waals surface area contributed by atoms with E-state index in [-0.39, 0.29) is 11.6 Å². The Hall–Kier alpha value is -3.00. The van der Waals surface area contributed by atoms with E-state index >= 15 is 0 Å². The highest BCUT2D eigenvalue weighted by molar-refractivity contribution is 6.31. The van der Waals surface area contributed by atoms with Crippen LogP contribution in [0, 0.1) is 0 Å². The third-order valence-corrected chi connectivity index (χ3v) is 3.47. The molecule has 134 valence electrons. The van der Waals surface area contributed by atoms with Crippen LogP contribution in [0.1, 0.15) is 31.3 Å². The standard InChI is InChI=1S/C17H16ClN5O3/c1-17(2,3)26-16(25)13-8-23(22-21-13)14-5-4-10(18)6-11(14)12-7-15(24)20-9-19-12/h4-9H,1-3H3,(H,19,20,24). The lowest BCUT2D eigenvalue weighted by Crippen LogP contribution is -2.24. The summed E-state index contributed by atoms with van der Waals surface area (Å²) in [7, 11) is 0. The van der Waals surface area contributed by atoms with Gasteiger partial charge >= 0.3 is 5.97 Å². The number of hydrogen-bond donors (Lipinski definition) is 1. The van der Waals surface area contributed by atoms with E-state index in [2.05, 4.69) is 20.3 Å². The summed E-state index contributed by atoms with van der Waals surface area (Å²) < 4.78 is 6.71. The van der Waals surface area contributed by atoms with Gasteiger partial charge < -0.3 is 9.84 Å². The number of carbonyl (C=O) groups is 1. The van der Waals surface area contributed by atoms with Gasteiger partial charge in [-0.2, -0.15) is 0 Å². The minimum Gasteiger partial charge on any atom is -0.493 e. The van der Waals surface area contributed by atoms with Crippen molar-refractivity contribution in [2.75, 3.05) is 0 Å². The van der Waals surface area contributed by atoms with Crippen molar-refractivity contribution < 1.29 is 14.6 Å². The minimum atomic E-state index is -0.634. The second-order valence-electron chi connectivity index (χ2n) is 6.47. The van der Waals surface area contributed by atoms with E-state index < -0.39 is 11.6 Å². The Morgan fingerprint density at radius 2 is 2.00 bits per heavy atom. The van der Waals surface area contributed by atoms with Gasteiger partial charge in [-0.3, -0.25) is 0 Å². The fraction of sp³-hybridized carbons (Fsp3) is 0.235. The zero-order valence-electron chi connectivity index (χ0n) is 14.3. The Bertz CT molecular complexity index is 965. The monoisotopic (exact) mass is 373 g/mol. The van der Waals surface area contributed by atoms with Crippen molar-refractivity contribution in [1.29, 1.82) is 0 Å². The lowest BCUT2D eigenvalue weighted by molar-refractivity contribution is 0.00627. The van der Waals surface area contributed by atoms with Crippen molar-refractivity contribution in [3.05, 3.63) is 47.5 Å². The third-order valence-electron chi connectivity index (χ3n) is 3.24. The van der Waals surface area contributed by atoms with Crippen molar-refractivity contribution in [1.82, 2.24) is 25.0 Å². The molecule has 2 aromatic heterocycles. The normalized spacial score (nSPS) is 11.4. The highest BCUT2D eigenvalue weighted by Gasteiger charge is 2.21. The van der Waals surface area contributed by atoms with Gasteiger partial charge in [-0.25, -0.2) is 19.4 Å². The molecule has 2 heterocycles. The molecule has 0 saturated heterocycles. The molecule has 8 nitrogen and oxygen atoms in total. The van der Waals surface area contributed by atoms with Gasteiger partial charge in [0.1, 0.15) is 11.9 Å². The molecule has 0 unspecified atom stereocenters. The predicted molar refractivity (Wildman–Crippen MR) is 94.2 cm³/mol. The SMILES string of the molecule is CC(C)(C)OC(=O)c1cn(-c2ccc(Cl)cc2-c2cc(O)ncn2)nn1. The van der Waals surface area contributed by atoms with Gasteiger partial charge in [0.15, 0.2) is 5.69 Å². The summed E-state index contributed by atoms with van der Waals surface area (Å²) in [6, 6.07) is 6.47. The lowest BCUT2D eigenvalue weighted by atomic mass is 10.1. The van der Waals surface area contributed by atoms with Crippen LogP contribution >= 0.6 is 11.6 Å². The molecule has 0 bridgehead atoms. The third kappa shape index (κ3) is 3.97. The molecule has 0 fully saturated rings. The van der Waals surface area contributed by atoms with Crippen molar-refractivity contribution in [3.8, 4) is 22.8 Å². The Kier molecular flexibility index (Phi) is 4.60. The molecule has 0 aliphatic heterocycles. The van der Waals surface area contributed by atoms with Crippen LogP contribution in [-0.2, 0) is 4.74 Å². The first-order valence-electron chi connectivity index (χ1n) is 7.70. The summed E-state index contributed by atoms with van der Waals surface area (Å²) in [6.07, 6.45) is 2.70. The Morgan fingerprint density at radius 1 is 1.23 bits per heavy atom. The summed E-state index contributed by atoms with van der Waals surface area (Å²) in [6.45, 7) is 5.32. The van der Waals surface area contributed by atoms with Crippen molar-refractivity contribution in [2.45, 2.75) is 26.4 Å². The average molecular weight is 374 g/mol. The summed E-state index contributed by atoms with van der Waals surface area (Å²) in [5, 5.41) is 18.0. The molecule has 0 atom stereocenters. The van der Waals surface area contributed by atoms with Crippen LogP contribution in [0.15, 0.2) is 36.8 Å². The maximum Gasteiger partial charge on any atom is 0.361 e. The first-order valence-corrected chi connectivity index (χ1v) is 8.08. The van der Waals surface area contributed by atoms with Crippen molar-refractivity contribution in [2.24, 2.45) is 0 Å². The van der Waals surface area contributed by atoms with Crippen LogP contribution in [0.5, 0.6) is 5.88 Å². The smallest absolute Gasteiger partial charge is 0.361 e. The quantitative estimate of drug-likeness (QED) is 0.703. The van der Waals surface area contributed by atoms with E-state index in [0.29, 0.717) is 22.0 Å². The van der Waals surface area contributed by atoms with Crippen molar-refractivity contribution in [3.63, 3.8) is 0 Å². The van der Waals surface area contributed by atoms with Gasteiger partial charge in [0.25, 0.3) is 0 Å². The number of benzene rings is 1. The van der Waals surface area contributed by atoms with Crippen LogP contribution in [-0.4, -0.2) is 41.6 Å². The molecule has 1 N–H and O–H groups in total. The fourth-order valence-corrected chi connectivity index (χ4v) is 2.39. The number of aromatic nitrogens is 5. The second kappa shape index (κ2) is 6.72. The number of halogens is 1. The highest BCUT2D eigenvalue weighted by atomic mass is 35.5. The first kappa shape index (κ1) is 17.8. The van der Waals surface area contributed by atoms with Crippen LogP contribution < -0.4 is 0 Å². The van der Waals surface area contributed by atoms with Crippen LogP contribution in [0.2, 0.25) is 5.02 Å². The largest absolute Gasteiger partial charge is 0.493 e. The molecule has 0 amide bonds. The van der Waals surface area contributed by atoms with Crippen molar-refractivity contribution >= 4 is 17.6 Å². The number of ether oxygens (including phenoxy) is 1. The first-order chi connectivity index (χ1) is 12.2. The molecule has 3 rings (SSSR count).